The van der Waals surface area contributed by atoms with Crippen molar-refractivity contribution >= 4 is 27.1 Å². The van der Waals surface area contributed by atoms with Gasteiger partial charge in [0, 0.05) is 10.6 Å². The molecule has 0 saturated carbocycles. The molecule has 0 bridgehead atoms. The Labute approximate surface area is 123 Å². The van der Waals surface area contributed by atoms with Crippen molar-refractivity contribution in [1.82, 2.24) is 0 Å². The zero-order chi connectivity index (χ0) is 15.3. The Hall–Kier alpha value is -1.08. The van der Waals surface area contributed by atoms with Crippen LogP contribution in [0, 0.1) is 0 Å². The van der Waals surface area contributed by atoms with Crippen LogP contribution in [0.4, 0.5) is 0 Å². The fraction of sp³-hybridized carbons (Fsp3) is 0.615. The number of ether oxygens (including phenoxy) is 1. The summed E-state index contributed by atoms with van der Waals surface area (Å²) in [5.41, 5.74) is 0. The summed E-state index contributed by atoms with van der Waals surface area (Å²) >= 11 is 1.20. The minimum Gasteiger partial charge on any atom is -0.492 e. The van der Waals surface area contributed by atoms with Crippen LogP contribution in [0.25, 0.3) is 0 Å². The molecular formula is C13H20O5S2. The molecule has 0 aliphatic rings. The minimum atomic E-state index is -3.00. The van der Waals surface area contributed by atoms with E-state index >= 15 is 0 Å². The predicted molar refractivity (Wildman–Crippen MR) is 79.8 cm³/mol. The summed E-state index contributed by atoms with van der Waals surface area (Å²) in [5, 5.41) is 9.12. The van der Waals surface area contributed by atoms with Gasteiger partial charge in [-0.1, -0.05) is 20.8 Å². The van der Waals surface area contributed by atoms with Gasteiger partial charge in [0.1, 0.15) is 15.6 Å². The normalized spacial score (nSPS) is 11.8. The van der Waals surface area contributed by atoms with E-state index in [4.69, 9.17) is 9.84 Å². The number of carboxylic acids is 1. The molecule has 1 rings (SSSR count). The first-order valence-electron chi connectivity index (χ1n) is 6.47. The maximum absolute atomic E-state index is 11.3. The molecule has 0 aliphatic carbocycles. The first kappa shape index (κ1) is 17.0. The molecule has 0 spiro atoms. The summed E-state index contributed by atoms with van der Waals surface area (Å²) in [4.78, 5) is 12.2. The minimum absolute atomic E-state index is 0.0626. The molecule has 1 N–H and O–H groups in total. The molecule has 0 radical (unpaired) electrons. The Kier molecular flexibility index (Phi) is 6.01. The number of carbonyl (C=O) groups is 1. The van der Waals surface area contributed by atoms with Crippen LogP contribution in [0.2, 0.25) is 0 Å². The van der Waals surface area contributed by atoms with Gasteiger partial charge in [0.2, 0.25) is 0 Å². The van der Waals surface area contributed by atoms with Crippen LogP contribution in [0.5, 0.6) is 5.75 Å². The number of carboxylic acid groups (broad SMARTS) is 1. The third-order valence-electron chi connectivity index (χ3n) is 2.78. The third kappa shape index (κ3) is 4.79. The van der Waals surface area contributed by atoms with Gasteiger partial charge in [-0.25, -0.2) is 13.2 Å². The summed E-state index contributed by atoms with van der Waals surface area (Å²) in [5.74, 6) is -0.273. The Balaban J connectivity index is 2.65. The number of hydrogen-bond acceptors (Lipinski definition) is 5. The van der Waals surface area contributed by atoms with Crippen molar-refractivity contribution in [3.05, 3.63) is 15.8 Å². The van der Waals surface area contributed by atoms with Crippen LogP contribution >= 0.6 is 11.3 Å². The molecule has 114 valence electrons. The summed E-state index contributed by atoms with van der Waals surface area (Å²) in [6.07, 6.45) is 0.363. The smallest absolute Gasteiger partial charge is 0.349 e. The Morgan fingerprint density at radius 2 is 2.10 bits per heavy atom. The highest BCUT2D eigenvalue weighted by Gasteiger charge is 2.18. The maximum Gasteiger partial charge on any atom is 0.349 e. The zero-order valence-electron chi connectivity index (χ0n) is 11.9. The van der Waals surface area contributed by atoms with Crippen LogP contribution in [0.3, 0.4) is 0 Å². The lowest BCUT2D eigenvalue weighted by molar-refractivity contribution is 0.0698. The lowest BCUT2D eigenvalue weighted by Gasteiger charge is -2.05. The second kappa shape index (κ2) is 7.08. The molecule has 5 nitrogen and oxygen atoms in total. The van der Waals surface area contributed by atoms with Crippen molar-refractivity contribution in [2.75, 3.05) is 18.1 Å². The van der Waals surface area contributed by atoms with Crippen molar-refractivity contribution in [3.63, 3.8) is 0 Å². The highest BCUT2D eigenvalue weighted by Crippen LogP contribution is 2.33. The van der Waals surface area contributed by atoms with Gasteiger partial charge in [-0.2, -0.15) is 0 Å². The second-order valence-electron chi connectivity index (χ2n) is 4.74. The first-order chi connectivity index (χ1) is 9.26. The van der Waals surface area contributed by atoms with Crippen molar-refractivity contribution in [1.29, 1.82) is 0 Å². The molecule has 0 saturated heterocycles. The average molecular weight is 320 g/mol. The number of sulfone groups is 1. The lowest BCUT2D eigenvalue weighted by Crippen LogP contribution is -2.12. The van der Waals surface area contributed by atoms with Gasteiger partial charge in [-0.05, 0) is 18.4 Å². The Morgan fingerprint density at radius 1 is 1.45 bits per heavy atom. The van der Waals surface area contributed by atoms with E-state index in [1.807, 2.05) is 13.8 Å². The topological polar surface area (TPSA) is 80.7 Å². The molecule has 0 atom stereocenters. The lowest BCUT2D eigenvalue weighted by atomic mass is 10.2. The average Bonchev–Trinajstić information content (AvgIpc) is 2.79. The molecular weight excluding hydrogens is 300 g/mol. The van der Waals surface area contributed by atoms with E-state index in [0.29, 0.717) is 12.2 Å². The summed E-state index contributed by atoms with van der Waals surface area (Å²) in [6.45, 7) is 5.77. The molecule has 1 heterocycles. The van der Waals surface area contributed by atoms with E-state index in [2.05, 4.69) is 0 Å². The van der Waals surface area contributed by atoms with Crippen LogP contribution in [-0.4, -0.2) is 37.6 Å². The van der Waals surface area contributed by atoms with Gasteiger partial charge >= 0.3 is 5.97 Å². The Bertz CT molecular complexity index is 557. The molecule has 7 heteroatoms. The van der Waals surface area contributed by atoms with Crippen LogP contribution in [0.1, 0.15) is 47.7 Å². The molecule has 0 amide bonds. The third-order valence-corrected chi connectivity index (χ3v) is 5.97. The first-order valence-corrected chi connectivity index (χ1v) is 9.11. The molecule has 0 aliphatic heterocycles. The van der Waals surface area contributed by atoms with E-state index < -0.39 is 15.8 Å². The molecule has 0 fully saturated rings. The van der Waals surface area contributed by atoms with Gasteiger partial charge in [-0.15, -0.1) is 11.3 Å². The molecule has 0 unspecified atom stereocenters. The SMILES string of the molecule is CCS(=O)(=O)CCCOc1cc(C(C)C)sc1C(=O)O. The van der Waals surface area contributed by atoms with Crippen LogP contribution in [0.15, 0.2) is 6.07 Å². The fourth-order valence-electron chi connectivity index (χ4n) is 1.54. The molecule has 0 aromatic carbocycles. The van der Waals surface area contributed by atoms with Crippen molar-refractivity contribution in [2.45, 2.75) is 33.1 Å². The summed E-state index contributed by atoms with van der Waals surface area (Å²) in [7, 11) is -3.00. The fourth-order valence-corrected chi connectivity index (χ4v) is 3.33. The number of thiophene rings is 1. The summed E-state index contributed by atoms with van der Waals surface area (Å²) in [6, 6.07) is 1.73. The highest BCUT2D eigenvalue weighted by atomic mass is 32.2. The molecule has 20 heavy (non-hydrogen) atoms. The van der Waals surface area contributed by atoms with E-state index in [1.165, 1.54) is 11.3 Å². The maximum atomic E-state index is 11.3. The van der Waals surface area contributed by atoms with Crippen LogP contribution < -0.4 is 4.74 Å². The molecule has 1 aromatic heterocycles. The molecule has 1 aromatic rings. The van der Waals surface area contributed by atoms with Crippen molar-refractivity contribution in [3.8, 4) is 5.75 Å². The van der Waals surface area contributed by atoms with Crippen molar-refractivity contribution < 1.29 is 23.1 Å². The standard InChI is InChI=1S/C13H20O5S2/c1-4-20(16,17)7-5-6-18-10-8-11(9(2)3)19-12(10)13(14)15/h8-9H,4-7H2,1-3H3,(H,14,15). The van der Waals surface area contributed by atoms with Gasteiger partial charge in [-0.3, -0.25) is 0 Å². The van der Waals surface area contributed by atoms with Gasteiger partial charge < -0.3 is 9.84 Å². The number of aromatic carboxylic acids is 1. The highest BCUT2D eigenvalue weighted by molar-refractivity contribution is 7.91. The van der Waals surface area contributed by atoms with Gasteiger partial charge in [0.15, 0.2) is 4.88 Å². The number of rotatable bonds is 8. The number of hydrogen-bond donors (Lipinski definition) is 1. The summed E-state index contributed by atoms with van der Waals surface area (Å²) < 4.78 is 28.1. The predicted octanol–water partition coefficient (Wildman–Crippen LogP) is 2.77. The van der Waals surface area contributed by atoms with Gasteiger partial charge in [0.25, 0.3) is 0 Å². The van der Waals surface area contributed by atoms with Crippen molar-refractivity contribution in [2.24, 2.45) is 0 Å². The van der Waals surface area contributed by atoms with Crippen LogP contribution in [-0.2, 0) is 9.84 Å². The van der Waals surface area contributed by atoms with E-state index in [0.717, 1.165) is 4.88 Å². The zero-order valence-corrected chi connectivity index (χ0v) is 13.5. The monoisotopic (exact) mass is 320 g/mol. The van der Waals surface area contributed by atoms with Gasteiger partial charge in [0.05, 0.1) is 12.4 Å². The Morgan fingerprint density at radius 3 is 2.60 bits per heavy atom. The van der Waals surface area contributed by atoms with E-state index in [1.54, 1.807) is 13.0 Å². The quantitative estimate of drug-likeness (QED) is 0.745. The largest absolute Gasteiger partial charge is 0.492 e. The van der Waals surface area contributed by atoms with E-state index in [9.17, 15) is 13.2 Å². The second-order valence-corrected chi connectivity index (χ2v) is 8.30. The van der Waals surface area contributed by atoms with E-state index in [-0.39, 0.29) is 28.9 Å².